The number of thiazole rings is 1. The molecule has 0 bridgehead atoms. The number of amides is 1. The standard InChI is InChI=1S/C19H16N4OS/c1-10-8-14(22-23(10)2)18(24)21-19-20-17-13-5-3-4-11-6-7-12(16(11)13)9-15(17)25-19/h3-5,8-9H,6-7H2,1-2H3,(H,20,21,24). The lowest BCUT2D eigenvalue weighted by molar-refractivity contribution is 0.102. The fourth-order valence-corrected chi connectivity index (χ4v) is 4.53. The lowest BCUT2D eigenvalue weighted by Gasteiger charge is -2.02. The zero-order chi connectivity index (χ0) is 17.1. The summed E-state index contributed by atoms with van der Waals surface area (Å²) < 4.78 is 2.81. The van der Waals surface area contributed by atoms with Gasteiger partial charge < -0.3 is 0 Å². The van der Waals surface area contributed by atoms with Crippen LogP contribution in [0.15, 0.2) is 30.3 Å². The van der Waals surface area contributed by atoms with E-state index >= 15 is 0 Å². The van der Waals surface area contributed by atoms with Crippen LogP contribution in [0.5, 0.6) is 0 Å². The summed E-state index contributed by atoms with van der Waals surface area (Å²) >= 11 is 1.52. The average Bonchev–Trinajstić information content (AvgIpc) is 3.27. The summed E-state index contributed by atoms with van der Waals surface area (Å²) in [5.41, 5.74) is 5.12. The number of anilines is 1. The molecule has 1 N–H and O–H groups in total. The third kappa shape index (κ3) is 2.17. The van der Waals surface area contributed by atoms with Gasteiger partial charge in [-0.3, -0.25) is 14.8 Å². The molecule has 0 spiro atoms. The molecule has 2 heterocycles. The molecule has 1 aliphatic rings. The molecule has 5 rings (SSSR count). The molecule has 25 heavy (non-hydrogen) atoms. The first kappa shape index (κ1) is 14.6. The molecule has 1 aliphatic carbocycles. The molecule has 124 valence electrons. The van der Waals surface area contributed by atoms with E-state index in [2.05, 4.69) is 34.7 Å². The quantitative estimate of drug-likeness (QED) is 0.599. The zero-order valence-electron chi connectivity index (χ0n) is 14.0. The molecule has 0 saturated heterocycles. The number of fused-ring (bicyclic) bond motifs is 2. The lowest BCUT2D eigenvalue weighted by atomic mass is 10.0. The summed E-state index contributed by atoms with van der Waals surface area (Å²) in [5.74, 6) is -0.222. The smallest absolute Gasteiger partial charge is 0.277 e. The van der Waals surface area contributed by atoms with E-state index in [9.17, 15) is 4.79 Å². The van der Waals surface area contributed by atoms with E-state index in [-0.39, 0.29) is 5.91 Å². The summed E-state index contributed by atoms with van der Waals surface area (Å²) in [6, 6.07) is 10.4. The molecule has 6 heteroatoms. The van der Waals surface area contributed by atoms with Crippen molar-refractivity contribution < 1.29 is 4.79 Å². The van der Waals surface area contributed by atoms with Gasteiger partial charge in [-0.25, -0.2) is 4.98 Å². The number of aryl methyl sites for hydroxylation is 4. The van der Waals surface area contributed by atoms with Gasteiger partial charge in [0.05, 0.1) is 10.2 Å². The fourth-order valence-electron chi connectivity index (χ4n) is 3.59. The van der Waals surface area contributed by atoms with Gasteiger partial charge in [0.2, 0.25) is 0 Å². The molecule has 0 aliphatic heterocycles. The average molecular weight is 348 g/mol. The minimum atomic E-state index is -0.222. The highest BCUT2D eigenvalue weighted by atomic mass is 32.1. The summed E-state index contributed by atoms with van der Waals surface area (Å²) in [5, 5.41) is 10.3. The predicted octanol–water partition coefficient (Wildman–Crippen LogP) is 3.84. The molecule has 0 unspecified atom stereocenters. The first-order chi connectivity index (χ1) is 12.1. The molecule has 0 fully saturated rings. The van der Waals surface area contributed by atoms with Crippen molar-refractivity contribution in [2.45, 2.75) is 19.8 Å². The van der Waals surface area contributed by atoms with Crippen LogP contribution < -0.4 is 5.32 Å². The van der Waals surface area contributed by atoms with Crippen molar-refractivity contribution in [3.63, 3.8) is 0 Å². The monoisotopic (exact) mass is 348 g/mol. The van der Waals surface area contributed by atoms with Crippen LogP contribution in [0.4, 0.5) is 5.13 Å². The first-order valence-corrected chi connectivity index (χ1v) is 9.08. The molecule has 5 nitrogen and oxygen atoms in total. The maximum absolute atomic E-state index is 12.4. The number of hydrogen-bond donors (Lipinski definition) is 1. The molecule has 1 amide bonds. The number of nitrogens with zero attached hydrogens (tertiary/aromatic N) is 3. The van der Waals surface area contributed by atoms with Crippen LogP contribution in [-0.2, 0) is 19.9 Å². The van der Waals surface area contributed by atoms with Gasteiger partial charge in [0.15, 0.2) is 10.8 Å². The van der Waals surface area contributed by atoms with Crippen molar-refractivity contribution in [2.24, 2.45) is 7.05 Å². The SMILES string of the molecule is Cc1cc(C(=O)Nc2nc3c(cc4c5c(cccc53)CC4)s2)nn1C. The van der Waals surface area contributed by atoms with E-state index in [0.717, 1.165) is 28.8 Å². The maximum Gasteiger partial charge on any atom is 0.277 e. The summed E-state index contributed by atoms with van der Waals surface area (Å²) in [6.45, 7) is 1.92. The van der Waals surface area contributed by atoms with E-state index in [1.54, 1.807) is 10.7 Å². The van der Waals surface area contributed by atoms with Crippen molar-refractivity contribution in [1.29, 1.82) is 0 Å². The van der Waals surface area contributed by atoms with E-state index in [1.807, 2.05) is 14.0 Å². The van der Waals surface area contributed by atoms with Gasteiger partial charge in [-0.05, 0) is 48.4 Å². The number of benzene rings is 2. The molecular formula is C19H16N4OS. The highest BCUT2D eigenvalue weighted by Gasteiger charge is 2.19. The second kappa shape index (κ2) is 5.13. The number of carbonyl (C=O) groups excluding carboxylic acids is 1. The van der Waals surface area contributed by atoms with Crippen LogP contribution in [0.2, 0.25) is 0 Å². The van der Waals surface area contributed by atoms with Crippen LogP contribution in [0.1, 0.15) is 27.3 Å². The van der Waals surface area contributed by atoms with Gasteiger partial charge in [0, 0.05) is 18.1 Å². The summed E-state index contributed by atoms with van der Waals surface area (Å²) in [4.78, 5) is 17.1. The van der Waals surface area contributed by atoms with Crippen LogP contribution in [-0.4, -0.2) is 20.7 Å². The Hall–Kier alpha value is -2.73. The van der Waals surface area contributed by atoms with Gasteiger partial charge in [-0.15, -0.1) is 0 Å². The van der Waals surface area contributed by atoms with Gasteiger partial charge in [-0.1, -0.05) is 29.5 Å². The van der Waals surface area contributed by atoms with Gasteiger partial charge >= 0.3 is 0 Å². The molecule has 0 atom stereocenters. The Morgan fingerprint density at radius 2 is 2.08 bits per heavy atom. The van der Waals surface area contributed by atoms with E-state index in [1.165, 1.54) is 33.2 Å². The molecule has 0 saturated carbocycles. The largest absolute Gasteiger partial charge is 0.296 e. The topological polar surface area (TPSA) is 59.8 Å². The van der Waals surface area contributed by atoms with Gasteiger partial charge in [0.1, 0.15) is 0 Å². The van der Waals surface area contributed by atoms with Crippen LogP contribution in [0, 0.1) is 6.92 Å². The lowest BCUT2D eigenvalue weighted by Crippen LogP contribution is -2.12. The predicted molar refractivity (Wildman–Crippen MR) is 100 cm³/mol. The van der Waals surface area contributed by atoms with Crippen molar-refractivity contribution in [1.82, 2.24) is 14.8 Å². The molecular weight excluding hydrogens is 332 g/mol. The Balaban J connectivity index is 1.58. The normalized spacial score (nSPS) is 13.0. The Morgan fingerprint density at radius 1 is 1.24 bits per heavy atom. The van der Waals surface area contributed by atoms with E-state index in [4.69, 9.17) is 4.98 Å². The number of aromatic nitrogens is 3. The third-order valence-corrected chi connectivity index (χ3v) is 5.83. The van der Waals surface area contributed by atoms with Crippen molar-refractivity contribution in [2.75, 3.05) is 5.32 Å². The number of hydrogen-bond acceptors (Lipinski definition) is 4. The van der Waals surface area contributed by atoms with Crippen molar-refractivity contribution in [3.8, 4) is 0 Å². The van der Waals surface area contributed by atoms with Crippen LogP contribution in [0.25, 0.3) is 21.0 Å². The fraction of sp³-hybridized carbons (Fsp3) is 0.211. The third-order valence-electron chi connectivity index (χ3n) is 4.92. The summed E-state index contributed by atoms with van der Waals surface area (Å²) in [7, 11) is 1.83. The molecule has 2 aromatic carbocycles. The summed E-state index contributed by atoms with van der Waals surface area (Å²) in [6.07, 6.45) is 2.19. The van der Waals surface area contributed by atoms with Crippen LogP contribution >= 0.6 is 11.3 Å². The maximum atomic E-state index is 12.4. The zero-order valence-corrected chi connectivity index (χ0v) is 14.8. The van der Waals surface area contributed by atoms with E-state index < -0.39 is 0 Å². The molecule has 2 aromatic heterocycles. The Kier molecular flexibility index (Phi) is 3.00. The highest BCUT2D eigenvalue weighted by Crippen LogP contribution is 2.39. The minimum Gasteiger partial charge on any atom is -0.296 e. The Labute approximate surface area is 148 Å². The second-order valence-corrected chi connectivity index (χ2v) is 7.52. The minimum absolute atomic E-state index is 0.222. The Bertz CT molecular complexity index is 1150. The number of carbonyl (C=O) groups is 1. The van der Waals surface area contributed by atoms with E-state index in [0.29, 0.717) is 10.8 Å². The van der Waals surface area contributed by atoms with Crippen molar-refractivity contribution >= 4 is 43.4 Å². The number of rotatable bonds is 2. The van der Waals surface area contributed by atoms with Crippen LogP contribution in [0.3, 0.4) is 0 Å². The van der Waals surface area contributed by atoms with Gasteiger partial charge in [0.25, 0.3) is 5.91 Å². The second-order valence-electron chi connectivity index (χ2n) is 6.49. The Morgan fingerprint density at radius 3 is 2.88 bits per heavy atom. The molecule has 4 aromatic rings. The number of nitrogens with one attached hydrogen (secondary N) is 1. The van der Waals surface area contributed by atoms with Gasteiger partial charge in [-0.2, -0.15) is 5.10 Å². The van der Waals surface area contributed by atoms with Crippen molar-refractivity contribution in [3.05, 3.63) is 52.8 Å². The highest BCUT2D eigenvalue weighted by molar-refractivity contribution is 7.22. The first-order valence-electron chi connectivity index (χ1n) is 8.26. The molecule has 0 radical (unpaired) electrons.